The third kappa shape index (κ3) is 3.55. The molecule has 11 heteroatoms. The number of anilines is 1. The summed E-state index contributed by atoms with van der Waals surface area (Å²) in [4.78, 5) is 23.2. The summed E-state index contributed by atoms with van der Waals surface area (Å²) >= 11 is 0. The number of benzene rings is 2. The van der Waals surface area contributed by atoms with E-state index < -0.39 is 16.9 Å². The number of carbonyl (C=O) groups is 1. The van der Waals surface area contributed by atoms with Crippen molar-refractivity contribution in [3.63, 3.8) is 0 Å². The van der Waals surface area contributed by atoms with E-state index in [2.05, 4.69) is 20.8 Å². The molecule has 0 fully saturated rings. The van der Waals surface area contributed by atoms with Crippen molar-refractivity contribution in [3.05, 3.63) is 81.0 Å². The molecule has 0 saturated heterocycles. The second-order valence-corrected chi connectivity index (χ2v) is 6.60. The number of hydrogen-bond donors (Lipinski definition) is 2. The molecular formula is C19H16N6O5. The van der Waals surface area contributed by atoms with E-state index in [1.54, 1.807) is 19.1 Å². The molecule has 1 unspecified atom stereocenters. The molecule has 1 aromatic heterocycles. The normalized spacial score (nSPS) is 15.3. The third-order valence-electron chi connectivity index (χ3n) is 4.66. The van der Waals surface area contributed by atoms with Gasteiger partial charge in [0.05, 0.1) is 10.5 Å². The summed E-state index contributed by atoms with van der Waals surface area (Å²) in [6, 6.07) is 11.5. The number of phenolic OH excluding ortho intramolecular Hbond substituents is 1. The Balaban J connectivity index is 1.60. The Kier molecular flexibility index (Phi) is 4.84. The first-order chi connectivity index (χ1) is 14.4. The second-order valence-electron chi connectivity index (χ2n) is 6.60. The number of allylic oxidation sites excluding steroid dienone is 1. The van der Waals surface area contributed by atoms with Crippen LogP contribution >= 0.6 is 0 Å². The molecule has 0 radical (unpaired) electrons. The quantitative estimate of drug-likeness (QED) is 0.369. The van der Waals surface area contributed by atoms with Crippen molar-refractivity contribution in [3.8, 4) is 5.75 Å². The fourth-order valence-corrected chi connectivity index (χ4v) is 3.18. The molecule has 0 spiro atoms. The predicted octanol–water partition coefficient (Wildman–Crippen LogP) is 2.32. The van der Waals surface area contributed by atoms with Gasteiger partial charge in [-0.3, -0.25) is 10.1 Å². The lowest BCUT2D eigenvalue weighted by Crippen LogP contribution is -2.29. The maximum atomic E-state index is 13.0. The van der Waals surface area contributed by atoms with Gasteiger partial charge in [0, 0.05) is 17.8 Å². The highest BCUT2D eigenvalue weighted by Gasteiger charge is 2.35. The summed E-state index contributed by atoms with van der Waals surface area (Å²) in [5.41, 5.74) is 2.09. The van der Waals surface area contributed by atoms with Gasteiger partial charge < -0.3 is 15.2 Å². The highest BCUT2D eigenvalue weighted by Crippen LogP contribution is 2.35. The van der Waals surface area contributed by atoms with E-state index in [-0.39, 0.29) is 18.0 Å². The topological polar surface area (TPSA) is 145 Å². The first-order valence-electron chi connectivity index (χ1n) is 8.89. The van der Waals surface area contributed by atoms with E-state index in [1.807, 2.05) is 0 Å². The number of aromatic hydroxyl groups is 1. The molecular weight excluding hydrogens is 392 g/mol. The van der Waals surface area contributed by atoms with Crippen LogP contribution in [-0.4, -0.2) is 36.2 Å². The molecule has 152 valence electrons. The molecule has 30 heavy (non-hydrogen) atoms. The number of nitro groups is 1. The van der Waals surface area contributed by atoms with Gasteiger partial charge in [0.25, 0.3) is 5.69 Å². The van der Waals surface area contributed by atoms with E-state index in [0.717, 1.165) is 0 Å². The number of rotatable bonds is 5. The minimum absolute atomic E-state index is 0.0429. The molecule has 0 aliphatic carbocycles. The van der Waals surface area contributed by atoms with Crippen LogP contribution in [-0.2, 0) is 16.1 Å². The molecule has 3 aromatic rings. The molecule has 0 bridgehead atoms. The molecule has 2 heterocycles. The number of fused-ring (bicyclic) bond motifs is 1. The van der Waals surface area contributed by atoms with Gasteiger partial charge >= 0.3 is 5.97 Å². The van der Waals surface area contributed by atoms with Crippen LogP contribution in [0.25, 0.3) is 0 Å². The first-order valence-corrected chi connectivity index (χ1v) is 8.89. The number of nitro benzene ring substituents is 1. The maximum Gasteiger partial charge on any atom is 0.338 e. The minimum atomic E-state index is -0.652. The van der Waals surface area contributed by atoms with Crippen LogP contribution in [0.5, 0.6) is 5.75 Å². The van der Waals surface area contributed by atoms with Crippen LogP contribution in [0.1, 0.15) is 24.1 Å². The van der Waals surface area contributed by atoms with Crippen molar-refractivity contribution >= 4 is 17.6 Å². The van der Waals surface area contributed by atoms with Crippen molar-refractivity contribution in [1.29, 1.82) is 0 Å². The average Bonchev–Trinajstić information content (AvgIpc) is 3.20. The number of tetrazole rings is 1. The van der Waals surface area contributed by atoms with Gasteiger partial charge in [-0.15, -0.1) is 0 Å². The molecule has 1 aliphatic heterocycles. The van der Waals surface area contributed by atoms with Crippen molar-refractivity contribution < 1.29 is 19.6 Å². The van der Waals surface area contributed by atoms with E-state index >= 15 is 0 Å². The zero-order valence-corrected chi connectivity index (χ0v) is 15.7. The Bertz CT molecular complexity index is 1140. The number of nitrogens with one attached hydrogen (secondary N) is 1. The zero-order chi connectivity index (χ0) is 21.3. The monoisotopic (exact) mass is 408 g/mol. The smallest absolute Gasteiger partial charge is 0.338 e. The Morgan fingerprint density at radius 1 is 1.23 bits per heavy atom. The molecule has 0 amide bonds. The SMILES string of the molecule is CC1=C(C(=O)OCc2ccc([N+](=O)[O-])cc2)C(c2ccc(O)cc2)n2nnnc2N1. The second kappa shape index (κ2) is 7.62. The van der Waals surface area contributed by atoms with Gasteiger partial charge in [0.15, 0.2) is 0 Å². The number of hydrogen-bond acceptors (Lipinski definition) is 9. The van der Waals surface area contributed by atoms with Crippen LogP contribution in [0.2, 0.25) is 0 Å². The summed E-state index contributed by atoms with van der Waals surface area (Å²) in [5, 5.41) is 34.9. The summed E-state index contributed by atoms with van der Waals surface area (Å²) in [7, 11) is 0. The van der Waals surface area contributed by atoms with Crippen LogP contribution in [0, 0.1) is 10.1 Å². The first kappa shape index (κ1) is 19.1. The maximum absolute atomic E-state index is 13.0. The lowest BCUT2D eigenvalue weighted by atomic mass is 9.96. The summed E-state index contributed by atoms with van der Waals surface area (Å²) in [5.74, 6) is -0.123. The number of ether oxygens (including phenoxy) is 1. The van der Waals surface area contributed by atoms with Gasteiger partial charge in [0.2, 0.25) is 5.95 Å². The summed E-state index contributed by atoms with van der Waals surface area (Å²) in [6.45, 7) is 1.66. The number of carbonyl (C=O) groups excluding carboxylic acids is 1. The predicted molar refractivity (Wildman–Crippen MR) is 103 cm³/mol. The number of nitrogens with zero attached hydrogens (tertiary/aromatic N) is 5. The minimum Gasteiger partial charge on any atom is -0.508 e. The molecule has 2 aromatic carbocycles. The van der Waals surface area contributed by atoms with Crippen LogP contribution in [0.15, 0.2) is 59.8 Å². The van der Waals surface area contributed by atoms with Gasteiger partial charge in [-0.2, -0.15) is 4.68 Å². The Hall–Kier alpha value is -4.28. The number of non-ortho nitro benzene ring substituents is 1. The number of phenols is 1. The average molecular weight is 408 g/mol. The largest absolute Gasteiger partial charge is 0.508 e. The van der Waals surface area contributed by atoms with Crippen LogP contribution < -0.4 is 5.32 Å². The lowest BCUT2D eigenvalue weighted by Gasteiger charge is -2.27. The molecule has 1 aliphatic rings. The Morgan fingerprint density at radius 3 is 2.60 bits per heavy atom. The molecule has 11 nitrogen and oxygen atoms in total. The highest BCUT2D eigenvalue weighted by atomic mass is 16.6. The van der Waals surface area contributed by atoms with Gasteiger partial charge in [-0.1, -0.05) is 17.2 Å². The Morgan fingerprint density at radius 2 is 1.93 bits per heavy atom. The van der Waals surface area contributed by atoms with E-state index in [4.69, 9.17) is 4.74 Å². The van der Waals surface area contributed by atoms with Gasteiger partial charge in [-0.05, 0) is 52.7 Å². The van der Waals surface area contributed by atoms with E-state index in [0.29, 0.717) is 28.3 Å². The van der Waals surface area contributed by atoms with Crippen LogP contribution in [0.3, 0.4) is 0 Å². The van der Waals surface area contributed by atoms with E-state index in [9.17, 15) is 20.0 Å². The fraction of sp³-hybridized carbons (Fsp3) is 0.158. The standard InChI is InChI=1S/C19H16N6O5/c1-11-16(18(27)30-10-12-2-6-14(7-3-12)25(28)29)17(13-4-8-15(26)9-5-13)24-19(20-11)21-22-23-24/h2-9,17,26H,10H2,1H3,(H,20,21,23). The lowest BCUT2D eigenvalue weighted by molar-refractivity contribution is -0.384. The molecule has 2 N–H and O–H groups in total. The molecule has 0 saturated carbocycles. The number of esters is 1. The summed E-state index contributed by atoms with van der Waals surface area (Å²) < 4.78 is 6.93. The Labute approximate surface area is 169 Å². The summed E-state index contributed by atoms with van der Waals surface area (Å²) in [6.07, 6.45) is 0. The fourth-order valence-electron chi connectivity index (χ4n) is 3.18. The van der Waals surface area contributed by atoms with Gasteiger partial charge in [-0.25, -0.2) is 4.79 Å². The van der Waals surface area contributed by atoms with Crippen molar-refractivity contribution in [1.82, 2.24) is 20.2 Å². The van der Waals surface area contributed by atoms with Gasteiger partial charge in [0.1, 0.15) is 18.4 Å². The molecule has 4 rings (SSSR count). The van der Waals surface area contributed by atoms with Crippen LogP contribution in [0.4, 0.5) is 11.6 Å². The van der Waals surface area contributed by atoms with E-state index in [1.165, 1.54) is 41.1 Å². The van der Waals surface area contributed by atoms with Crippen molar-refractivity contribution in [2.24, 2.45) is 0 Å². The third-order valence-corrected chi connectivity index (χ3v) is 4.66. The van der Waals surface area contributed by atoms with Crippen molar-refractivity contribution in [2.45, 2.75) is 19.6 Å². The molecule has 1 atom stereocenters. The highest BCUT2D eigenvalue weighted by molar-refractivity contribution is 5.92. The zero-order valence-electron chi connectivity index (χ0n) is 15.7. The number of aromatic nitrogens is 4. The van der Waals surface area contributed by atoms with Crippen molar-refractivity contribution in [2.75, 3.05) is 5.32 Å².